The summed E-state index contributed by atoms with van der Waals surface area (Å²) in [5.74, 6) is 2.50. The van der Waals surface area contributed by atoms with E-state index < -0.39 is 0 Å². The zero-order valence-electron chi connectivity index (χ0n) is 20.4. The second kappa shape index (κ2) is 10.2. The van der Waals surface area contributed by atoms with Crippen LogP contribution < -0.4 is 0 Å². The van der Waals surface area contributed by atoms with Crippen LogP contribution in [0.15, 0.2) is 35.5 Å². The maximum Gasteiger partial charge on any atom is 0.0583 e. The fourth-order valence-corrected chi connectivity index (χ4v) is 6.76. The number of aliphatic hydroxyl groups is 1. The smallest absolute Gasteiger partial charge is 0.0583 e. The summed E-state index contributed by atoms with van der Waals surface area (Å²) in [5, 5.41) is 10.0. The van der Waals surface area contributed by atoms with E-state index in [4.69, 9.17) is 0 Å². The van der Waals surface area contributed by atoms with Crippen molar-refractivity contribution >= 4 is 0 Å². The van der Waals surface area contributed by atoms with Crippen LogP contribution in [0.2, 0.25) is 0 Å². The normalized spacial score (nSPS) is 35.9. The molecule has 0 radical (unpaired) electrons. The minimum absolute atomic E-state index is 0. The number of hydrogen-bond acceptors (Lipinski definition) is 1. The standard InChI is InChI=1S/C28H46O.H2O/c1-20-11-14-24(29)19-23(20)13-12-22-10-8-18-28(6)25(15-16-26(22)28)21(2)9-7-17-27(3,4)5;/h12-13,21,24-26,29H,1,7-11,14-19H2,2-6H3;1H2/b22-12+,23-13-;/t21-,24+,25-,26+,28-;/m1./s1. The van der Waals surface area contributed by atoms with E-state index in [9.17, 15) is 5.11 Å². The maximum absolute atomic E-state index is 10.0. The topological polar surface area (TPSA) is 51.7 Å². The largest absolute Gasteiger partial charge is 0.412 e. The first-order valence-corrected chi connectivity index (χ1v) is 12.4. The first kappa shape index (κ1) is 25.4. The third-order valence-corrected chi connectivity index (χ3v) is 8.50. The molecule has 3 rings (SSSR count). The second-order valence-electron chi connectivity index (χ2n) is 12.0. The van der Waals surface area contributed by atoms with Crippen molar-refractivity contribution in [2.75, 3.05) is 0 Å². The average molecular weight is 417 g/mol. The average Bonchev–Trinajstić information content (AvgIpc) is 2.99. The molecule has 0 aliphatic heterocycles. The summed E-state index contributed by atoms with van der Waals surface area (Å²) in [6.45, 7) is 16.5. The highest BCUT2D eigenvalue weighted by Gasteiger charge is 2.50. The molecule has 3 aliphatic rings. The van der Waals surface area contributed by atoms with Gasteiger partial charge in [0.1, 0.15) is 0 Å². The van der Waals surface area contributed by atoms with Gasteiger partial charge in [-0.3, -0.25) is 0 Å². The number of aliphatic hydroxyl groups excluding tert-OH is 1. The van der Waals surface area contributed by atoms with E-state index in [0.29, 0.717) is 10.8 Å². The summed E-state index contributed by atoms with van der Waals surface area (Å²) in [6.07, 6.45) is 18.1. The quantitative estimate of drug-likeness (QED) is 0.507. The van der Waals surface area contributed by atoms with Crippen molar-refractivity contribution in [1.82, 2.24) is 0 Å². The first-order chi connectivity index (χ1) is 13.6. The number of hydrogen-bond donors (Lipinski definition) is 1. The van der Waals surface area contributed by atoms with Crippen molar-refractivity contribution in [3.05, 3.63) is 35.5 Å². The van der Waals surface area contributed by atoms with Crippen LogP contribution in [0, 0.1) is 28.6 Å². The Bertz CT molecular complexity index is 650. The maximum atomic E-state index is 10.0. The molecule has 0 aromatic carbocycles. The van der Waals surface area contributed by atoms with Crippen LogP contribution in [0.4, 0.5) is 0 Å². The molecule has 2 heteroatoms. The van der Waals surface area contributed by atoms with Gasteiger partial charge in [-0.2, -0.15) is 0 Å². The Morgan fingerprint density at radius 3 is 2.60 bits per heavy atom. The Morgan fingerprint density at radius 1 is 1.17 bits per heavy atom. The van der Waals surface area contributed by atoms with Gasteiger partial charge in [-0.05, 0) is 91.9 Å². The summed E-state index contributed by atoms with van der Waals surface area (Å²) in [5.41, 5.74) is 5.17. The van der Waals surface area contributed by atoms with Crippen LogP contribution in [0.25, 0.3) is 0 Å². The molecule has 3 aliphatic carbocycles. The van der Waals surface area contributed by atoms with Gasteiger partial charge in [-0.25, -0.2) is 0 Å². The van der Waals surface area contributed by atoms with Crippen molar-refractivity contribution < 1.29 is 10.6 Å². The molecule has 3 saturated carbocycles. The molecule has 5 atom stereocenters. The molecule has 30 heavy (non-hydrogen) atoms. The molecule has 0 aromatic heterocycles. The van der Waals surface area contributed by atoms with Gasteiger partial charge in [0, 0.05) is 0 Å². The minimum atomic E-state index is -0.174. The molecular formula is C28H48O2. The van der Waals surface area contributed by atoms with E-state index in [0.717, 1.165) is 37.0 Å². The van der Waals surface area contributed by atoms with E-state index in [2.05, 4.69) is 53.3 Å². The zero-order valence-corrected chi connectivity index (χ0v) is 20.4. The number of rotatable bonds is 5. The van der Waals surface area contributed by atoms with E-state index in [1.807, 2.05) is 0 Å². The van der Waals surface area contributed by atoms with Crippen molar-refractivity contribution in [3.63, 3.8) is 0 Å². The molecule has 0 bridgehead atoms. The molecule has 172 valence electrons. The highest BCUT2D eigenvalue weighted by atomic mass is 16.3. The minimum Gasteiger partial charge on any atom is -0.412 e. The lowest BCUT2D eigenvalue weighted by Crippen LogP contribution is -2.36. The highest BCUT2D eigenvalue weighted by Crippen LogP contribution is 2.60. The van der Waals surface area contributed by atoms with Gasteiger partial charge in [0.2, 0.25) is 0 Å². The second-order valence-corrected chi connectivity index (χ2v) is 12.0. The van der Waals surface area contributed by atoms with Crippen molar-refractivity contribution in [2.45, 2.75) is 111 Å². The summed E-state index contributed by atoms with van der Waals surface area (Å²) in [4.78, 5) is 0. The molecule has 3 fully saturated rings. The van der Waals surface area contributed by atoms with Gasteiger partial charge in [0.25, 0.3) is 0 Å². The lowest BCUT2D eigenvalue weighted by Gasteiger charge is -2.44. The summed E-state index contributed by atoms with van der Waals surface area (Å²) >= 11 is 0. The van der Waals surface area contributed by atoms with E-state index >= 15 is 0 Å². The lowest BCUT2D eigenvalue weighted by atomic mass is 9.60. The van der Waals surface area contributed by atoms with Gasteiger partial charge in [-0.15, -0.1) is 0 Å². The van der Waals surface area contributed by atoms with Gasteiger partial charge in [0.05, 0.1) is 6.10 Å². The molecule has 0 amide bonds. The Morgan fingerprint density at radius 2 is 1.90 bits per heavy atom. The Kier molecular flexibility index (Phi) is 8.61. The van der Waals surface area contributed by atoms with Crippen LogP contribution in [0.1, 0.15) is 105 Å². The Labute approximate surface area is 186 Å². The van der Waals surface area contributed by atoms with E-state index in [1.54, 1.807) is 5.57 Å². The number of fused-ring (bicyclic) bond motifs is 1. The summed E-state index contributed by atoms with van der Waals surface area (Å²) < 4.78 is 0. The van der Waals surface area contributed by atoms with Crippen LogP contribution in [-0.4, -0.2) is 16.7 Å². The van der Waals surface area contributed by atoms with Crippen LogP contribution in [0.3, 0.4) is 0 Å². The lowest BCUT2D eigenvalue weighted by molar-refractivity contribution is 0.0920. The summed E-state index contributed by atoms with van der Waals surface area (Å²) in [7, 11) is 0. The monoisotopic (exact) mass is 416 g/mol. The van der Waals surface area contributed by atoms with Crippen LogP contribution in [-0.2, 0) is 0 Å². The van der Waals surface area contributed by atoms with Crippen molar-refractivity contribution in [3.8, 4) is 0 Å². The van der Waals surface area contributed by atoms with Crippen LogP contribution >= 0.6 is 0 Å². The third-order valence-electron chi connectivity index (χ3n) is 8.50. The fourth-order valence-electron chi connectivity index (χ4n) is 6.76. The summed E-state index contributed by atoms with van der Waals surface area (Å²) in [6, 6.07) is 0. The SMILES string of the molecule is C=C1CC[C@H](O)C/C1=C/C=C1\CCC[C@]2(C)[C@@H]([C@H](C)CCCC(C)(C)C)CC[C@@H]12.O. The van der Waals surface area contributed by atoms with Gasteiger partial charge in [-0.1, -0.05) is 77.3 Å². The zero-order chi connectivity index (χ0) is 21.2. The molecule has 2 nitrogen and oxygen atoms in total. The molecule has 0 spiro atoms. The highest BCUT2D eigenvalue weighted by molar-refractivity contribution is 5.36. The molecule has 3 N–H and O–H groups in total. The molecule has 0 saturated heterocycles. The predicted molar refractivity (Wildman–Crippen MR) is 129 cm³/mol. The van der Waals surface area contributed by atoms with Gasteiger partial charge in [0.15, 0.2) is 0 Å². The van der Waals surface area contributed by atoms with Gasteiger partial charge < -0.3 is 10.6 Å². The molecule has 0 aromatic rings. The molecular weight excluding hydrogens is 368 g/mol. The van der Waals surface area contributed by atoms with E-state index in [1.165, 1.54) is 62.5 Å². The number of allylic oxidation sites excluding steroid dienone is 4. The van der Waals surface area contributed by atoms with Crippen molar-refractivity contribution in [1.29, 1.82) is 0 Å². The predicted octanol–water partition coefficient (Wildman–Crippen LogP) is 7.18. The fraction of sp³-hybridized carbons (Fsp3) is 0.786. The van der Waals surface area contributed by atoms with Crippen molar-refractivity contribution in [2.24, 2.45) is 28.6 Å². The Hall–Kier alpha value is -0.860. The molecule has 0 unspecified atom stereocenters. The van der Waals surface area contributed by atoms with E-state index in [-0.39, 0.29) is 11.6 Å². The first-order valence-electron chi connectivity index (χ1n) is 12.4. The van der Waals surface area contributed by atoms with Crippen LogP contribution in [0.5, 0.6) is 0 Å². The third kappa shape index (κ3) is 5.88. The molecule has 0 heterocycles. The Balaban J connectivity index is 0.00000320. The van der Waals surface area contributed by atoms with Gasteiger partial charge >= 0.3 is 0 Å².